The first-order valence-electron chi connectivity index (χ1n) is 5.35. The summed E-state index contributed by atoms with van der Waals surface area (Å²) in [6.07, 6.45) is 2.58. The SMILES string of the molecule is CCCC1C[C@H](O)c2ccc(Br)cc2O1. The molecule has 2 nitrogen and oxygen atoms in total. The molecule has 1 aliphatic rings. The fourth-order valence-corrected chi connectivity index (χ4v) is 2.33. The van der Waals surface area contributed by atoms with Gasteiger partial charge in [-0.05, 0) is 18.6 Å². The van der Waals surface area contributed by atoms with Crippen LogP contribution in [0.15, 0.2) is 22.7 Å². The van der Waals surface area contributed by atoms with Crippen LogP contribution in [0.2, 0.25) is 0 Å². The van der Waals surface area contributed by atoms with Gasteiger partial charge in [0.15, 0.2) is 0 Å². The number of aliphatic hydroxyl groups excluding tert-OH is 1. The van der Waals surface area contributed by atoms with Crippen molar-refractivity contribution in [2.24, 2.45) is 0 Å². The van der Waals surface area contributed by atoms with Gasteiger partial charge in [0.05, 0.1) is 6.10 Å². The minimum Gasteiger partial charge on any atom is -0.490 e. The minimum atomic E-state index is -0.376. The number of aliphatic hydroxyl groups is 1. The molecule has 1 unspecified atom stereocenters. The third-order valence-electron chi connectivity index (χ3n) is 2.73. The molecule has 0 bridgehead atoms. The summed E-state index contributed by atoms with van der Waals surface area (Å²) < 4.78 is 6.82. The van der Waals surface area contributed by atoms with E-state index >= 15 is 0 Å². The molecule has 0 aliphatic carbocycles. The van der Waals surface area contributed by atoms with Crippen LogP contribution in [-0.4, -0.2) is 11.2 Å². The van der Waals surface area contributed by atoms with Gasteiger partial charge in [-0.15, -0.1) is 0 Å². The molecule has 1 aromatic rings. The van der Waals surface area contributed by atoms with Crippen LogP contribution in [0.1, 0.15) is 37.9 Å². The van der Waals surface area contributed by atoms with Crippen molar-refractivity contribution in [1.82, 2.24) is 0 Å². The van der Waals surface area contributed by atoms with E-state index in [0.29, 0.717) is 6.42 Å². The lowest BCUT2D eigenvalue weighted by Gasteiger charge is -2.29. The maximum atomic E-state index is 9.95. The molecule has 0 fully saturated rings. The highest BCUT2D eigenvalue weighted by Gasteiger charge is 2.26. The molecule has 82 valence electrons. The van der Waals surface area contributed by atoms with Crippen molar-refractivity contribution in [1.29, 1.82) is 0 Å². The molecule has 2 rings (SSSR count). The number of fused-ring (bicyclic) bond motifs is 1. The van der Waals surface area contributed by atoms with Gasteiger partial charge in [0.1, 0.15) is 11.9 Å². The monoisotopic (exact) mass is 270 g/mol. The smallest absolute Gasteiger partial charge is 0.126 e. The van der Waals surface area contributed by atoms with E-state index in [-0.39, 0.29) is 12.2 Å². The third-order valence-corrected chi connectivity index (χ3v) is 3.22. The number of ether oxygens (including phenoxy) is 1. The van der Waals surface area contributed by atoms with Gasteiger partial charge >= 0.3 is 0 Å². The Morgan fingerprint density at radius 1 is 1.53 bits per heavy atom. The molecule has 0 amide bonds. The summed E-state index contributed by atoms with van der Waals surface area (Å²) in [5, 5.41) is 9.95. The Bertz CT molecular complexity index is 351. The van der Waals surface area contributed by atoms with Crippen LogP contribution in [0.5, 0.6) is 5.75 Å². The molecule has 0 radical (unpaired) electrons. The zero-order valence-corrected chi connectivity index (χ0v) is 10.3. The van der Waals surface area contributed by atoms with Crippen molar-refractivity contribution >= 4 is 15.9 Å². The van der Waals surface area contributed by atoms with Crippen LogP contribution >= 0.6 is 15.9 Å². The Morgan fingerprint density at radius 3 is 3.07 bits per heavy atom. The van der Waals surface area contributed by atoms with E-state index in [1.54, 1.807) is 0 Å². The normalized spacial score (nSPS) is 24.5. The van der Waals surface area contributed by atoms with E-state index in [9.17, 15) is 5.11 Å². The van der Waals surface area contributed by atoms with Gasteiger partial charge < -0.3 is 9.84 Å². The zero-order valence-electron chi connectivity index (χ0n) is 8.74. The molecule has 0 saturated heterocycles. The van der Waals surface area contributed by atoms with Gasteiger partial charge in [-0.3, -0.25) is 0 Å². The van der Waals surface area contributed by atoms with Crippen LogP contribution in [0.3, 0.4) is 0 Å². The topological polar surface area (TPSA) is 29.5 Å². The second-order valence-corrected chi connectivity index (χ2v) is 4.88. The number of halogens is 1. The predicted molar refractivity (Wildman–Crippen MR) is 63.0 cm³/mol. The molecule has 15 heavy (non-hydrogen) atoms. The molecule has 2 atom stereocenters. The van der Waals surface area contributed by atoms with E-state index in [2.05, 4.69) is 22.9 Å². The molecule has 0 saturated carbocycles. The molecule has 0 aromatic heterocycles. The van der Waals surface area contributed by atoms with Crippen molar-refractivity contribution in [3.63, 3.8) is 0 Å². The van der Waals surface area contributed by atoms with Gasteiger partial charge in [0.2, 0.25) is 0 Å². The zero-order chi connectivity index (χ0) is 10.8. The van der Waals surface area contributed by atoms with Crippen LogP contribution in [-0.2, 0) is 0 Å². The summed E-state index contributed by atoms with van der Waals surface area (Å²) >= 11 is 3.41. The predicted octanol–water partition coefficient (Wildman–Crippen LogP) is 3.43. The molecular formula is C12H15BrO2. The maximum absolute atomic E-state index is 9.95. The number of benzene rings is 1. The number of hydrogen-bond acceptors (Lipinski definition) is 2. The van der Waals surface area contributed by atoms with Gasteiger partial charge in [-0.25, -0.2) is 0 Å². The van der Waals surface area contributed by atoms with E-state index in [4.69, 9.17) is 4.74 Å². The fraction of sp³-hybridized carbons (Fsp3) is 0.500. The van der Waals surface area contributed by atoms with Gasteiger partial charge in [-0.1, -0.05) is 35.3 Å². The van der Waals surface area contributed by atoms with E-state index < -0.39 is 0 Å². The Morgan fingerprint density at radius 2 is 2.33 bits per heavy atom. The number of hydrogen-bond donors (Lipinski definition) is 1. The van der Waals surface area contributed by atoms with E-state index in [1.165, 1.54) is 0 Å². The Balaban J connectivity index is 2.25. The standard InChI is InChI=1S/C12H15BrO2/c1-2-3-9-7-11(14)10-5-4-8(13)6-12(10)15-9/h4-6,9,11,14H,2-3,7H2,1H3/t9?,11-/m0/s1. The van der Waals surface area contributed by atoms with Gasteiger partial charge in [-0.2, -0.15) is 0 Å². The third kappa shape index (κ3) is 2.34. The van der Waals surface area contributed by atoms with Crippen molar-refractivity contribution in [3.05, 3.63) is 28.2 Å². The van der Waals surface area contributed by atoms with Crippen molar-refractivity contribution < 1.29 is 9.84 Å². The lowest BCUT2D eigenvalue weighted by Crippen LogP contribution is -2.25. The highest BCUT2D eigenvalue weighted by molar-refractivity contribution is 9.10. The average molecular weight is 271 g/mol. The van der Waals surface area contributed by atoms with Crippen LogP contribution in [0.25, 0.3) is 0 Å². The fourth-order valence-electron chi connectivity index (χ4n) is 1.99. The Kier molecular flexibility index (Phi) is 3.32. The van der Waals surface area contributed by atoms with Gasteiger partial charge in [0.25, 0.3) is 0 Å². The summed E-state index contributed by atoms with van der Waals surface area (Å²) in [6, 6.07) is 5.79. The van der Waals surface area contributed by atoms with Crippen molar-refractivity contribution in [3.8, 4) is 5.75 Å². The first-order chi connectivity index (χ1) is 7.20. The molecular weight excluding hydrogens is 256 g/mol. The quantitative estimate of drug-likeness (QED) is 0.892. The summed E-state index contributed by atoms with van der Waals surface area (Å²) in [5.74, 6) is 0.821. The van der Waals surface area contributed by atoms with Crippen molar-refractivity contribution in [2.45, 2.75) is 38.4 Å². The summed E-state index contributed by atoms with van der Waals surface area (Å²) in [6.45, 7) is 2.13. The average Bonchev–Trinajstić information content (AvgIpc) is 2.17. The highest BCUT2D eigenvalue weighted by atomic mass is 79.9. The highest BCUT2D eigenvalue weighted by Crippen LogP contribution is 2.37. The van der Waals surface area contributed by atoms with Gasteiger partial charge in [0, 0.05) is 16.5 Å². The molecule has 1 heterocycles. The summed E-state index contributed by atoms with van der Waals surface area (Å²) in [7, 11) is 0. The minimum absolute atomic E-state index is 0.159. The van der Waals surface area contributed by atoms with E-state index in [1.807, 2.05) is 18.2 Å². The first-order valence-corrected chi connectivity index (χ1v) is 6.14. The van der Waals surface area contributed by atoms with Crippen LogP contribution in [0, 0.1) is 0 Å². The lowest BCUT2D eigenvalue weighted by atomic mass is 9.97. The largest absolute Gasteiger partial charge is 0.490 e. The molecule has 0 spiro atoms. The Hall–Kier alpha value is -0.540. The second kappa shape index (κ2) is 4.54. The second-order valence-electron chi connectivity index (χ2n) is 3.96. The lowest BCUT2D eigenvalue weighted by molar-refractivity contribution is 0.0614. The maximum Gasteiger partial charge on any atom is 0.126 e. The molecule has 3 heteroatoms. The Labute approximate surface area is 98.4 Å². The molecule has 1 aliphatic heterocycles. The summed E-state index contributed by atoms with van der Waals surface area (Å²) in [4.78, 5) is 0. The van der Waals surface area contributed by atoms with Crippen LogP contribution in [0.4, 0.5) is 0 Å². The van der Waals surface area contributed by atoms with Crippen LogP contribution < -0.4 is 4.74 Å². The molecule has 1 N–H and O–H groups in total. The molecule has 1 aromatic carbocycles. The first kappa shape index (κ1) is 11.0. The number of rotatable bonds is 2. The van der Waals surface area contributed by atoms with Crippen molar-refractivity contribution in [2.75, 3.05) is 0 Å². The summed E-state index contributed by atoms with van der Waals surface area (Å²) in [5.41, 5.74) is 0.908. The van der Waals surface area contributed by atoms with E-state index in [0.717, 1.165) is 28.6 Å².